The number of nitrogens with zero attached hydrogens (tertiary/aromatic N) is 1. The third-order valence-electron chi connectivity index (χ3n) is 5.05. The van der Waals surface area contributed by atoms with Crippen molar-refractivity contribution in [2.24, 2.45) is 0 Å². The number of carbonyl (C=O) groups is 2. The largest absolute Gasteiger partial charge is 0.388 e. The molecule has 2 amide bonds. The minimum Gasteiger partial charge on any atom is -0.388 e. The number of amides is 2. The molecule has 3 rings (SSSR count). The summed E-state index contributed by atoms with van der Waals surface area (Å²) >= 11 is 0. The Bertz CT molecular complexity index is 621. The predicted molar refractivity (Wildman–Crippen MR) is 88.5 cm³/mol. The van der Waals surface area contributed by atoms with E-state index in [9.17, 15) is 14.7 Å². The highest BCUT2D eigenvalue weighted by molar-refractivity contribution is 5.98. The van der Waals surface area contributed by atoms with E-state index in [1.54, 1.807) is 18.0 Å². The summed E-state index contributed by atoms with van der Waals surface area (Å²) in [5.41, 5.74) is 1.74. The average molecular weight is 316 g/mol. The van der Waals surface area contributed by atoms with Crippen molar-refractivity contribution in [3.8, 4) is 0 Å². The lowest BCUT2D eigenvalue weighted by Gasteiger charge is -2.32. The molecule has 0 saturated heterocycles. The summed E-state index contributed by atoms with van der Waals surface area (Å²) in [4.78, 5) is 25.7. The lowest BCUT2D eigenvalue weighted by atomic mass is 9.85. The van der Waals surface area contributed by atoms with Crippen molar-refractivity contribution in [3.63, 3.8) is 0 Å². The van der Waals surface area contributed by atoms with Crippen LogP contribution < -0.4 is 10.2 Å². The van der Waals surface area contributed by atoms with Crippen LogP contribution in [0.5, 0.6) is 0 Å². The van der Waals surface area contributed by atoms with Gasteiger partial charge in [0.25, 0.3) is 5.91 Å². The fourth-order valence-electron chi connectivity index (χ4n) is 3.53. The van der Waals surface area contributed by atoms with Gasteiger partial charge in [0.05, 0.1) is 5.60 Å². The zero-order chi connectivity index (χ0) is 16.4. The lowest BCUT2D eigenvalue weighted by Crippen LogP contribution is -2.44. The number of aliphatic hydroxyl groups is 1. The fourth-order valence-corrected chi connectivity index (χ4v) is 3.53. The molecule has 1 heterocycles. The van der Waals surface area contributed by atoms with Crippen molar-refractivity contribution in [1.82, 2.24) is 5.32 Å². The van der Waals surface area contributed by atoms with E-state index in [1.807, 2.05) is 12.1 Å². The molecule has 1 fully saturated rings. The maximum absolute atomic E-state index is 12.4. The van der Waals surface area contributed by atoms with Crippen LogP contribution in [0.3, 0.4) is 0 Å². The molecule has 0 aromatic heterocycles. The van der Waals surface area contributed by atoms with Crippen molar-refractivity contribution in [2.75, 3.05) is 18.5 Å². The van der Waals surface area contributed by atoms with E-state index < -0.39 is 5.60 Å². The standard InChI is InChI=1S/C18H24N2O3/c1-20-15-7-5-14(11-13(15)6-8-16(20)21)17(22)19-12-18(23)9-3-2-4-10-18/h5,7,11,23H,2-4,6,8-10,12H2,1H3,(H,19,22). The first-order valence-corrected chi connectivity index (χ1v) is 8.39. The van der Waals surface area contributed by atoms with E-state index in [0.717, 1.165) is 43.4 Å². The Balaban J connectivity index is 1.67. The van der Waals surface area contributed by atoms with Crippen LogP contribution in [-0.4, -0.2) is 36.1 Å². The molecular formula is C18H24N2O3. The van der Waals surface area contributed by atoms with E-state index in [4.69, 9.17) is 0 Å². The van der Waals surface area contributed by atoms with Gasteiger partial charge in [-0.1, -0.05) is 19.3 Å². The Morgan fingerprint density at radius 2 is 2.00 bits per heavy atom. The molecule has 2 N–H and O–H groups in total. The summed E-state index contributed by atoms with van der Waals surface area (Å²) in [6, 6.07) is 5.43. The maximum Gasteiger partial charge on any atom is 0.251 e. The second kappa shape index (κ2) is 6.32. The molecule has 0 spiro atoms. The Morgan fingerprint density at radius 3 is 2.74 bits per heavy atom. The molecule has 0 atom stereocenters. The first-order chi connectivity index (χ1) is 11.0. The van der Waals surface area contributed by atoms with E-state index >= 15 is 0 Å². The average Bonchev–Trinajstić information content (AvgIpc) is 2.56. The monoisotopic (exact) mass is 316 g/mol. The zero-order valence-corrected chi connectivity index (χ0v) is 13.6. The van der Waals surface area contributed by atoms with E-state index in [-0.39, 0.29) is 11.8 Å². The van der Waals surface area contributed by atoms with Gasteiger partial charge < -0.3 is 15.3 Å². The van der Waals surface area contributed by atoms with Gasteiger partial charge in [-0.05, 0) is 43.0 Å². The summed E-state index contributed by atoms with van der Waals surface area (Å²) in [7, 11) is 1.76. The van der Waals surface area contributed by atoms with Crippen molar-refractivity contribution in [3.05, 3.63) is 29.3 Å². The molecule has 5 heteroatoms. The Kier molecular flexibility index (Phi) is 4.39. The van der Waals surface area contributed by atoms with Crippen LogP contribution in [0, 0.1) is 0 Å². The van der Waals surface area contributed by atoms with E-state index in [2.05, 4.69) is 5.32 Å². The third-order valence-corrected chi connectivity index (χ3v) is 5.05. The number of carbonyl (C=O) groups excluding carboxylic acids is 2. The SMILES string of the molecule is CN1C(=O)CCc2cc(C(=O)NCC3(O)CCCCC3)ccc21. The minimum absolute atomic E-state index is 0.106. The number of hydrogen-bond donors (Lipinski definition) is 2. The van der Waals surface area contributed by atoms with Crippen molar-refractivity contribution in [2.45, 2.75) is 50.5 Å². The van der Waals surface area contributed by atoms with Gasteiger partial charge in [-0.15, -0.1) is 0 Å². The molecule has 23 heavy (non-hydrogen) atoms. The Morgan fingerprint density at radius 1 is 1.26 bits per heavy atom. The van der Waals surface area contributed by atoms with Crippen LogP contribution in [0.4, 0.5) is 5.69 Å². The highest BCUT2D eigenvalue weighted by Crippen LogP contribution is 2.29. The molecular weight excluding hydrogens is 292 g/mol. The number of aryl methyl sites for hydroxylation is 1. The summed E-state index contributed by atoms with van der Waals surface area (Å²) in [5.74, 6) is -0.0550. The minimum atomic E-state index is -0.755. The number of hydrogen-bond acceptors (Lipinski definition) is 3. The van der Waals surface area contributed by atoms with Gasteiger partial charge in [0.1, 0.15) is 0 Å². The van der Waals surface area contributed by atoms with Crippen molar-refractivity contribution < 1.29 is 14.7 Å². The normalized spacial score (nSPS) is 20.1. The van der Waals surface area contributed by atoms with Crippen LogP contribution in [-0.2, 0) is 11.2 Å². The number of rotatable bonds is 3. The Hall–Kier alpha value is -1.88. The predicted octanol–water partition coefficient (Wildman–Crippen LogP) is 2.02. The van der Waals surface area contributed by atoms with Crippen molar-refractivity contribution in [1.29, 1.82) is 0 Å². The van der Waals surface area contributed by atoms with Crippen LogP contribution in [0.15, 0.2) is 18.2 Å². The van der Waals surface area contributed by atoms with Gasteiger partial charge in [0.15, 0.2) is 0 Å². The summed E-state index contributed by atoms with van der Waals surface area (Å²) < 4.78 is 0. The van der Waals surface area contributed by atoms with Crippen molar-refractivity contribution >= 4 is 17.5 Å². The van der Waals surface area contributed by atoms with Crippen LogP contribution in [0.25, 0.3) is 0 Å². The molecule has 0 bridgehead atoms. The number of nitrogens with one attached hydrogen (secondary N) is 1. The lowest BCUT2D eigenvalue weighted by molar-refractivity contribution is -0.118. The van der Waals surface area contributed by atoms with Gasteiger partial charge in [0.2, 0.25) is 5.91 Å². The summed E-state index contributed by atoms with van der Waals surface area (Å²) in [6.07, 6.45) is 5.86. The quantitative estimate of drug-likeness (QED) is 0.896. The van der Waals surface area contributed by atoms with Crippen LogP contribution >= 0.6 is 0 Å². The molecule has 1 aliphatic carbocycles. The van der Waals surface area contributed by atoms with Gasteiger partial charge >= 0.3 is 0 Å². The third kappa shape index (κ3) is 3.39. The second-order valence-electron chi connectivity index (χ2n) is 6.76. The molecule has 2 aliphatic rings. The zero-order valence-electron chi connectivity index (χ0n) is 13.6. The van der Waals surface area contributed by atoms with E-state index in [1.165, 1.54) is 0 Å². The number of fused-ring (bicyclic) bond motifs is 1. The smallest absolute Gasteiger partial charge is 0.251 e. The second-order valence-corrected chi connectivity index (χ2v) is 6.76. The van der Waals surface area contributed by atoms with Gasteiger partial charge in [-0.3, -0.25) is 9.59 Å². The Labute approximate surface area is 136 Å². The summed E-state index contributed by atoms with van der Waals surface area (Å²) in [5, 5.41) is 13.3. The first-order valence-electron chi connectivity index (χ1n) is 8.39. The topological polar surface area (TPSA) is 69.6 Å². The molecule has 1 saturated carbocycles. The highest BCUT2D eigenvalue weighted by atomic mass is 16.3. The molecule has 1 aliphatic heterocycles. The molecule has 5 nitrogen and oxygen atoms in total. The van der Waals surface area contributed by atoms with Gasteiger partial charge in [-0.2, -0.15) is 0 Å². The maximum atomic E-state index is 12.4. The first kappa shape index (κ1) is 16.0. The summed E-state index contributed by atoms with van der Waals surface area (Å²) in [6.45, 7) is 0.307. The van der Waals surface area contributed by atoms with Gasteiger partial charge in [-0.25, -0.2) is 0 Å². The molecule has 0 unspecified atom stereocenters. The van der Waals surface area contributed by atoms with Gasteiger partial charge in [0, 0.05) is 31.3 Å². The molecule has 1 aromatic carbocycles. The molecule has 124 valence electrons. The number of anilines is 1. The van der Waals surface area contributed by atoms with E-state index in [0.29, 0.717) is 24.9 Å². The fraction of sp³-hybridized carbons (Fsp3) is 0.556. The highest BCUT2D eigenvalue weighted by Gasteiger charge is 2.29. The molecule has 0 radical (unpaired) electrons. The van der Waals surface area contributed by atoms with Crippen LogP contribution in [0.2, 0.25) is 0 Å². The number of benzene rings is 1. The van der Waals surface area contributed by atoms with Crippen LogP contribution in [0.1, 0.15) is 54.4 Å². The molecule has 1 aromatic rings.